The Morgan fingerprint density at radius 3 is 2.73 bits per heavy atom. The van der Waals surface area contributed by atoms with Crippen LogP contribution in [0.5, 0.6) is 0 Å². The maximum Gasteiger partial charge on any atom is 0.407 e. The topological polar surface area (TPSA) is 38.3 Å². The van der Waals surface area contributed by atoms with Crippen LogP contribution in [-0.4, -0.2) is 12.6 Å². The van der Waals surface area contributed by atoms with E-state index < -0.39 is 6.09 Å². The van der Waals surface area contributed by atoms with E-state index in [1.165, 1.54) is 6.07 Å². The number of alkyl carbamates (subject to hydrolysis) is 1. The molecule has 0 aliphatic carbocycles. The van der Waals surface area contributed by atoms with Gasteiger partial charge in [-0.2, -0.15) is 0 Å². The number of hydrogen-bond acceptors (Lipinski definition) is 2. The zero-order valence-electron chi connectivity index (χ0n) is 11.8. The standard InChI is InChI=1S/C17H15BrFNO2/c18-15-11-13(8-9-16(15)19)7-4-10-20-17(21)22-12-14-5-2-1-3-6-14/h1-9,11H,10,12H2,(H,20,21). The molecule has 0 aromatic heterocycles. The second-order valence-corrected chi connectivity index (χ2v) is 5.37. The van der Waals surface area contributed by atoms with Crippen LogP contribution in [0.25, 0.3) is 6.08 Å². The summed E-state index contributed by atoms with van der Waals surface area (Å²) in [5.41, 5.74) is 1.78. The van der Waals surface area contributed by atoms with Crippen molar-refractivity contribution < 1.29 is 13.9 Å². The van der Waals surface area contributed by atoms with E-state index in [0.717, 1.165) is 11.1 Å². The summed E-state index contributed by atoms with van der Waals surface area (Å²) in [6.07, 6.45) is 3.08. The molecule has 5 heteroatoms. The van der Waals surface area contributed by atoms with Crippen LogP contribution in [0.2, 0.25) is 0 Å². The number of benzene rings is 2. The Morgan fingerprint density at radius 1 is 1.23 bits per heavy atom. The van der Waals surface area contributed by atoms with Crippen molar-refractivity contribution in [2.75, 3.05) is 6.54 Å². The SMILES string of the molecule is O=C(NCC=Cc1ccc(F)c(Br)c1)OCc1ccccc1. The van der Waals surface area contributed by atoms with Gasteiger partial charge in [-0.1, -0.05) is 48.6 Å². The van der Waals surface area contributed by atoms with Crippen molar-refractivity contribution in [3.8, 4) is 0 Å². The van der Waals surface area contributed by atoms with Crippen molar-refractivity contribution in [2.24, 2.45) is 0 Å². The number of ether oxygens (including phenoxy) is 1. The number of carbonyl (C=O) groups is 1. The van der Waals surface area contributed by atoms with Gasteiger partial charge in [0, 0.05) is 6.54 Å². The Morgan fingerprint density at radius 2 is 2.00 bits per heavy atom. The molecule has 2 aromatic carbocycles. The minimum absolute atomic E-state index is 0.237. The van der Waals surface area contributed by atoms with E-state index in [0.29, 0.717) is 11.0 Å². The Kier molecular flexibility index (Phi) is 6.15. The highest BCUT2D eigenvalue weighted by atomic mass is 79.9. The van der Waals surface area contributed by atoms with Gasteiger partial charge in [-0.05, 0) is 39.2 Å². The predicted molar refractivity (Wildman–Crippen MR) is 87.8 cm³/mol. The van der Waals surface area contributed by atoms with Crippen molar-refractivity contribution in [1.29, 1.82) is 0 Å². The summed E-state index contributed by atoms with van der Waals surface area (Å²) in [4.78, 5) is 11.5. The van der Waals surface area contributed by atoms with E-state index in [4.69, 9.17) is 4.74 Å². The number of nitrogens with one attached hydrogen (secondary N) is 1. The molecule has 114 valence electrons. The third kappa shape index (κ3) is 5.33. The Hall–Kier alpha value is -2.14. The van der Waals surface area contributed by atoms with Crippen LogP contribution in [0.15, 0.2) is 59.1 Å². The van der Waals surface area contributed by atoms with Crippen molar-refractivity contribution in [3.63, 3.8) is 0 Å². The molecule has 1 N–H and O–H groups in total. The summed E-state index contributed by atoms with van der Waals surface area (Å²) >= 11 is 3.12. The molecule has 2 aromatic rings. The van der Waals surface area contributed by atoms with Gasteiger partial charge in [0.2, 0.25) is 0 Å². The van der Waals surface area contributed by atoms with Crippen LogP contribution in [0, 0.1) is 5.82 Å². The molecule has 0 aliphatic rings. The first kappa shape index (κ1) is 16.2. The monoisotopic (exact) mass is 363 g/mol. The lowest BCUT2D eigenvalue weighted by Crippen LogP contribution is -2.24. The molecule has 0 fully saturated rings. The van der Waals surface area contributed by atoms with Crippen molar-refractivity contribution in [2.45, 2.75) is 6.61 Å². The maximum atomic E-state index is 13.1. The molecule has 0 aliphatic heterocycles. The molecule has 0 atom stereocenters. The minimum atomic E-state index is -0.478. The summed E-state index contributed by atoms with van der Waals surface area (Å²) in [5.74, 6) is -0.306. The first-order valence-electron chi connectivity index (χ1n) is 6.71. The van der Waals surface area contributed by atoms with Gasteiger partial charge < -0.3 is 10.1 Å². The van der Waals surface area contributed by atoms with E-state index >= 15 is 0 Å². The van der Waals surface area contributed by atoms with Crippen molar-refractivity contribution >= 4 is 28.1 Å². The van der Waals surface area contributed by atoms with Gasteiger partial charge in [-0.3, -0.25) is 0 Å². The van der Waals surface area contributed by atoms with Crippen LogP contribution in [0.4, 0.5) is 9.18 Å². The van der Waals surface area contributed by atoms with Gasteiger partial charge in [0.1, 0.15) is 12.4 Å². The van der Waals surface area contributed by atoms with Crippen LogP contribution in [0.3, 0.4) is 0 Å². The molecule has 0 spiro atoms. The zero-order chi connectivity index (χ0) is 15.8. The van der Waals surface area contributed by atoms with E-state index in [9.17, 15) is 9.18 Å². The van der Waals surface area contributed by atoms with Crippen molar-refractivity contribution in [3.05, 3.63) is 76.0 Å². The largest absolute Gasteiger partial charge is 0.445 e. The van der Waals surface area contributed by atoms with Crippen LogP contribution in [0.1, 0.15) is 11.1 Å². The normalized spacial score (nSPS) is 10.6. The first-order valence-corrected chi connectivity index (χ1v) is 7.50. The Bertz CT molecular complexity index is 659. The van der Waals surface area contributed by atoms with Gasteiger partial charge in [0.25, 0.3) is 0 Å². The first-order chi connectivity index (χ1) is 10.6. The number of amides is 1. The predicted octanol–water partition coefficient (Wildman–Crippen LogP) is 4.53. The average Bonchev–Trinajstić information content (AvgIpc) is 2.54. The molecule has 3 nitrogen and oxygen atoms in total. The highest BCUT2D eigenvalue weighted by Gasteiger charge is 2.00. The number of rotatable bonds is 5. The molecule has 0 heterocycles. The van der Waals surface area contributed by atoms with E-state index in [1.54, 1.807) is 24.3 Å². The molecule has 1 amide bonds. The van der Waals surface area contributed by atoms with Gasteiger partial charge in [-0.15, -0.1) is 0 Å². The molecule has 0 saturated carbocycles. The molecule has 22 heavy (non-hydrogen) atoms. The summed E-state index contributed by atoms with van der Waals surface area (Å²) < 4.78 is 18.6. The highest BCUT2D eigenvalue weighted by molar-refractivity contribution is 9.10. The summed E-state index contributed by atoms with van der Waals surface area (Å²) in [6, 6.07) is 14.2. The fourth-order valence-corrected chi connectivity index (χ4v) is 2.12. The lowest BCUT2D eigenvalue weighted by Gasteiger charge is -2.05. The minimum Gasteiger partial charge on any atom is -0.445 e. The third-order valence-electron chi connectivity index (χ3n) is 2.83. The molecule has 2 rings (SSSR count). The smallest absolute Gasteiger partial charge is 0.407 e. The van der Waals surface area contributed by atoms with Crippen LogP contribution < -0.4 is 5.32 Å². The molecule has 0 saturated heterocycles. The fraction of sp³-hybridized carbons (Fsp3) is 0.118. The quantitative estimate of drug-likeness (QED) is 0.847. The highest BCUT2D eigenvalue weighted by Crippen LogP contribution is 2.17. The van der Waals surface area contributed by atoms with Gasteiger partial charge in [0.15, 0.2) is 0 Å². The van der Waals surface area contributed by atoms with E-state index in [2.05, 4.69) is 21.2 Å². The van der Waals surface area contributed by atoms with Crippen molar-refractivity contribution in [1.82, 2.24) is 5.32 Å². The second-order valence-electron chi connectivity index (χ2n) is 4.52. The van der Waals surface area contributed by atoms with Gasteiger partial charge >= 0.3 is 6.09 Å². The number of hydrogen-bond donors (Lipinski definition) is 1. The Labute approximate surface area is 136 Å². The second kappa shape index (κ2) is 8.34. The molecule has 0 bridgehead atoms. The van der Waals surface area contributed by atoms with Crippen LogP contribution in [-0.2, 0) is 11.3 Å². The number of carbonyl (C=O) groups excluding carboxylic acids is 1. The summed E-state index contributed by atoms with van der Waals surface area (Å²) in [7, 11) is 0. The molecule has 0 unspecified atom stereocenters. The number of halogens is 2. The summed E-state index contributed by atoms with van der Waals surface area (Å²) in [6.45, 7) is 0.573. The lowest BCUT2D eigenvalue weighted by atomic mass is 10.2. The van der Waals surface area contributed by atoms with Crippen LogP contribution >= 0.6 is 15.9 Å². The molecule has 0 radical (unpaired) electrons. The third-order valence-corrected chi connectivity index (χ3v) is 3.44. The summed E-state index contributed by atoms with van der Waals surface area (Å²) in [5, 5.41) is 2.62. The Balaban J connectivity index is 1.72. The van der Waals surface area contributed by atoms with E-state index in [1.807, 2.05) is 30.3 Å². The maximum absolute atomic E-state index is 13.1. The fourth-order valence-electron chi connectivity index (χ4n) is 1.73. The van der Waals surface area contributed by atoms with Gasteiger partial charge in [-0.25, -0.2) is 9.18 Å². The average molecular weight is 364 g/mol. The van der Waals surface area contributed by atoms with Gasteiger partial charge in [0.05, 0.1) is 4.47 Å². The molecular formula is C17H15BrFNO2. The zero-order valence-corrected chi connectivity index (χ0v) is 13.3. The van der Waals surface area contributed by atoms with E-state index in [-0.39, 0.29) is 12.4 Å². The lowest BCUT2D eigenvalue weighted by molar-refractivity contribution is 0.141. The molecular weight excluding hydrogens is 349 g/mol.